The van der Waals surface area contributed by atoms with Crippen molar-refractivity contribution in [1.82, 2.24) is 14.9 Å². The number of carbonyl (C=O) groups is 1. The average Bonchev–Trinajstić information content (AvgIpc) is 3.32. The zero-order valence-electron chi connectivity index (χ0n) is 18.7. The molecule has 0 spiro atoms. The van der Waals surface area contributed by atoms with Crippen LogP contribution in [0, 0.1) is 0 Å². The number of rotatable bonds is 6. The van der Waals surface area contributed by atoms with Crippen molar-refractivity contribution < 1.29 is 14.3 Å². The summed E-state index contributed by atoms with van der Waals surface area (Å²) in [6, 6.07) is 19.5. The maximum atomic E-state index is 13.2. The molecule has 0 unspecified atom stereocenters. The molecular weight excluding hydrogens is 414 g/mol. The summed E-state index contributed by atoms with van der Waals surface area (Å²) >= 11 is 0. The lowest BCUT2D eigenvalue weighted by Gasteiger charge is -2.32. The number of likely N-dealkylation sites (tertiary alicyclic amines) is 1. The van der Waals surface area contributed by atoms with Gasteiger partial charge in [0.25, 0.3) is 5.91 Å². The van der Waals surface area contributed by atoms with Crippen LogP contribution in [-0.2, 0) is 6.61 Å². The van der Waals surface area contributed by atoms with Crippen LogP contribution in [0.25, 0.3) is 11.0 Å². The second-order valence-corrected chi connectivity index (χ2v) is 8.35. The third kappa shape index (κ3) is 4.42. The standard InChI is InChI=1S/C27H27N3O3/c1-32-25-16-21(9-10-24(25)33-18-19-6-3-2-4-7-19)27(31)30-14-11-20(12-15-30)23-17-29-26-22(23)8-5-13-28-26/h2-10,13,16-17,20H,11-12,14-15,18H2,1H3,(H,28,29). The van der Waals surface area contributed by atoms with E-state index in [2.05, 4.69) is 22.2 Å². The van der Waals surface area contributed by atoms with Gasteiger partial charge in [0.15, 0.2) is 11.5 Å². The van der Waals surface area contributed by atoms with Gasteiger partial charge in [0.05, 0.1) is 7.11 Å². The molecule has 1 N–H and O–H groups in total. The summed E-state index contributed by atoms with van der Waals surface area (Å²) in [7, 11) is 1.60. The molecule has 1 saturated heterocycles. The van der Waals surface area contributed by atoms with Crippen molar-refractivity contribution in [2.24, 2.45) is 0 Å². The number of hydrogen-bond donors (Lipinski definition) is 1. The SMILES string of the molecule is COc1cc(C(=O)N2CCC(c3c[nH]c4ncccc34)CC2)ccc1OCc1ccccc1. The highest BCUT2D eigenvalue weighted by Crippen LogP contribution is 2.34. The number of hydrogen-bond acceptors (Lipinski definition) is 4. The molecule has 0 aliphatic carbocycles. The molecule has 2 aromatic heterocycles. The molecule has 0 saturated carbocycles. The first-order valence-electron chi connectivity index (χ1n) is 11.3. The molecule has 0 radical (unpaired) electrons. The minimum absolute atomic E-state index is 0.0296. The van der Waals surface area contributed by atoms with Crippen LogP contribution in [0.5, 0.6) is 11.5 Å². The molecule has 4 aromatic rings. The lowest BCUT2D eigenvalue weighted by molar-refractivity contribution is 0.0713. The van der Waals surface area contributed by atoms with Crippen LogP contribution in [0.15, 0.2) is 73.1 Å². The molecular formula is C27H27N3O3. The minimum atomic E-state index is 0.0296. The number of pyridine rings is 1. The first-order valence-corrected chi connectivity index (χ1v) is 11.3. The zero-order chi connectivity index (χ0) is 22.6. The van der Waals surface area contributed by atoms with Crippen molar-refractivity contribution >= 4 is 16.9 Å². The van der Waals surface area contributed by atoms with Crippen LogP contribution in [0.2, 0.25) is 0 Å². The topological polar surface area (TPSA) is 67.5 Å². The minimum Gasteiger partial charge on any atom is -0.493 e. The van der Waals surface area contributed by atoms with Crippen LogP contribution < -0.4 is 9.47 Å². The number of amides is 1. The third-order valence-electron chi connectivity index (χ3n) is 6.35. The van der Waals surface area contributed by atoms with Gasteiger partial charge in [-0.25, -0.2) is 4.98 Å². The molecule has 0 atom stereocenters. The van der Waals surface area contributed by atoms with E-state index in [9.17, 15) is 4.79 Å². The number of fused-ring (bicyclic) bond motifs is 1. The molecule has 6 heteroatoms. The normalized spacial score (nSPS) is 14.4. The first kappa shape index (κ1) is 21.1. The number of carbonyl (C=O) groups excluding carboxylic acids is 1. The predicted octanol–water partition coefficient (Wildman–Crippen LogP) is 5.17. The van der Waals surface area contributed by atoms with Gasteiger partial charge in [0.2, 0.25) is 0 Å². The summed E-state index contributed by atoms with van der Waals surface area (Å²) in [5.41, 5.74) is 3.92. The summed E-state index contributed by atoms with van der Waals surface area (Å²) in [5.74, 6) is 1.65. The Labute approximate surface area is 193 Å². The Bertz CT molecular complexity index is 1240. The molecule has 168 valence electrons. The van der Waals surface area contributed by atoms with Gasteiger partial charge in [-0.3, -0.25) is 4.79 Å². The number of aromatic amines is 1. The van der Waals surface area contributed by atoms with E-state index >= 15 is 0 Å². The number of piperidine rings is 1. The van der Waals surface area contributed by atoms with E-state index in [0.29, 0.717) is 29.6 Å². The Morgan fingerprint density at radius 2 is 1.88 bits per heavy atom. The molecule has 1 fully saturated rings. The van der Waals surface area contributed by atoms with Crippen molar-refractivity contribution in [3.8, 4) is 11.5 Å². The van der Waals surface area contributed by atoms with Gasteiger partial charge >= 0.3 is 0 Å². The lowest BCUT2D eigenvalue weighted by atomic mass is 9.89. The Balaban J connectivity index is 1.24. The van der Waals surface area contributed by atoms with Gasteiger partial charge in [-0.1, -0.05) is 30.3 Å². The Kier molecular flexibility index (Phi) is 5.98. The van der Waals surface area contributed by atoms with Gasteiger partial charge in [0, 0.05) is 36.4 Å². The van der Waals surface area contributed by atoms with Crippen LogP contribution >= 0.6 is 0 Å². The van der Waals surface area contributed by atoms with Gasteiger partial charge in [0.1, 0.15) is 12.3 Å². The van der Waals surface area contributed by atoms with Crippen molar-refractivity contribution in [2.45, 2.75) is 25.4 Å². The van der Waals surface area contributed by atoms with Gasteiger partial charge in [-0.2, -0.15) is 0 Å². The fourth-order valence-electron chi connectivity index (χ4n) is 4.55. The maximum absolute atomic E-state index is 13.2. The van der Waals surface area contributed by atoms with E-state index in [1.54, 1.807) is 19.4 Å². The number of aromatic nitrogens is 2. The van der Waals surface area contributed by atoms with E-state index < -0.39 is 0 Å². The van der Waals surface area contributed by atoms with E-state index in [0.717, 1.165) is 37.1 Å². The largest absolute Gasteiger partial charge is 0.493 e. The number of benzene rings is 2. The second-order valence-electron chi connectivity index (χ2n) is 8.35. The molecule has 2 aromatic carbocycles. The highest BCUT2D eigenvalue weighted by Gasteiger charge is 2.26. The fourth-order valence-corrected chi connectivity index (χ4v) is 4.55. The first-order chi connectivity index (χ1) is 16.2. The highest BCUT2D eigenvalue weighted by atomic mass is 16.5. The summed E-state index contributed by atoms with van der Waals surface area (Å²) in [4.78, 5) is 22.8. The van der Waals surface area contributed by atoms with Gasteiger partial charge in [-0.15, -0.1) is 0 Å². The van der Waals surface area contributed by atoms with E-state index in [1.165, 1.54) is 10.9 Å². The lowest BCUT2D eigenvalue weighted by Crippen LogP contribution is -2.37. The summed E-state index contributed by atoms with van der Waals surface area (Å²) < 4.78 is 11.4. The number of ether oxygens (including phenoxy) is 2. The third-order valence-corrected chi connectivity index (χ3v) is 6.35. The van der Waals surface area contributed by atoms with Crippen LogP contribution in [0.4, 0.5) is 0 Å². The number of nitrogens with zero attached hydrogens (tertiary/aromatic N) is 2. The molecule has 1 aliphatic rings. The summed E-state index contributed by atoms with van der Waals surface area (Å²) in [5, 5.41) is 1.18. The fraction of sp³-hybridized carbons (Fsp3) is 0.259. The molecule has 6 nitrogen and oxygen atoms in total. The zero-order valence-corrected chi connectivity index (χ0v) is 18.7. The molecule has 5 rings (SSSR count). The summed E-state index contributed by atoms with van der Waals surface area (Å²) in [6.45, 7) is 1.90. The number of nitrogens with one attached hydrogen (secondary N) is 1. The molecule has 3 heterocycles. The molecule has 1 amide bonds. The van der Waals surface area contributed by atoms with Crippen LogP contribution in [0.3, 0.4) is 0 Å². The Morgan fingerprint density at radius 3 is 2.67 bits per heavy atom. The van der Waals surface area contributed by atoms with Crippen molar-refractivity contribution in [3.05, 3.63) is 89.7 Å². The van der Waals surface area contributed by atoms with Crippen LogP contribution in [0.1, 0.15) is 40.2 Å². The second kappa shape index (κ2) is 9.36. The Morgan fingerprint density at radius 1 is 1.06 bits per heavy atom. The highest BCUT2D eigenvalue weighted by molar-refractivity contribution is 5.95. The molecule has 33 heavy (non-hydrogen) atoms. The monoisotopic (exact) mass is 441 g/mol. The van der Waals surface area contributed by atoms with E-state index in [4.69, 9.17) is 9.47 Å². The average molecular weight is 442 g/mol. The van der Waals surface area contributed by atoms with E-state index in [-0.39, 0.29) is 5.91 Å². The van der Waals surface area contributed by atoms with Crippen molar-refractivity contribution in [1.29, 1.82) is 0 Å². The van der Waals surface area contributed by atoms with Gasteiger partial charge in [-0.05, 0) is 60.2 Å². The van der Waals surface area contributed by atoms with Crippen LogP contribution in [-0.4, -0.2) is 41.0 Å². The van der Waals surface area contributed by atoms with Crippen molar-refractivity contribution in [2.75, 3.05) is 20.2 Å². The smallest absolute Gasteiger partial charge is 0.253 e. The molecule has 1 aliphatic heterocycles. The molecule has 0 bridgehead atoms. The maximum Gasteiger partial charge on any atom is 0.253 e. The number of methoxy groups -OCH3 is 1. The predicted molar refractivity (Wildman–Crippen MR) is 128 cm³/mol. The quantitative estimate of drug-likeness (QED) is 0.448. The number of H-pyrrole nitrogens is 1. The van der Waals surface area contributed by atoms with Crippen molar-refractivity contribution in [3.63, 3.8) is 0 Å². The summed E-state index contributed by atoms with van der Waals surface area (Å²) in [6.07, 6.45) is 5.74. The van der Waals surface area contributed by atoms with E-state index in [1.807, 2.05) is 53.4 Å². The Hall–Kier alpha value is -3.80. The van der Waals surface area contributed by atoms with Gasteiger partial charge < -0.3 is 19.4 Å².